The molecule has 0 saturated carbocycles. The molecule has 7 nitrogen and oxygen atoms in total. The molecule has 0 fully saturated rings. The molecule has 0 amide bonds. The number of benzene rings is 2. The van der Waals surface area contributed by atoms with E-state index in [4.69, 9.17) is 9.47 Å². The van der Waals surface area contributed by atoms with Gasteiger partial charge in [-0.05, 0) is 60.7 Å². The highest BCUT2D eigenvalue weighted by atomic mass is 32.1. The van der Waals surface area contributed by atoms with Crippen molar-refractivity contribution < 1.29 is 9.47 Å². The molecule has 0 aliphatic rings. The number of nitrogens with zero attached hydrogens (tertiary/aromatic N) is 3. The first-order valence-electron chi connectivity index (χ1n) is 10.2. The molecule has 0 atom stereocenters. The van der Waals surface area contributed by atoms with E-state index in [1.54, 1.807) is 38.1 Å². The summed E-state index contributed by atoms with van der Waals surface area (Å²) in [6, 6.07) is 21.8. The minimum Gasteiger partial charge on any atom is -0.497 e. The van der Waals surface area contributed by atoms with E-state index in [2.05, 4.69) is 31.7 Å². The van der Waals surface area contributed by atoms with Gasteiger partial charge in [-0.25, -0.2) is 15.0 Å². The van der Waals surface area contributed by atoms with Gasteiger partial charge in [0.05, 0.1) is 24.4 Å². The Morgan fingerprint density at radius 3 is 2.06 bits per heavy atom. The highest BCUT2D eigenvalue weighted by Crippen LogP contribution is 2.36. The first kappa shape index (κ1) is 20.7. The van der Waals surface area contributed by atoms with Gasteiger partial charge < -0.3 is 20.1 Å². The molecule has 0 unspecified atom stereocenters. The lowest BCUT2D eigenvalue weighted by Crippen LogP contribution is -1.95. The molecular weight excluding hydrogens is 434 g/mol. The van der Waals surface area contributed by atoms with Crippen molar-refractivity contribution >= 4 is 44.4 Å². The maximum atomic E-state index is 5.20. The minimum absolute atomic E-state index is 0.590. The van der Waals surface area contributed by atoms with Crippen molar-refractivity contribution in [3.05, 3.63) is 79.3 Å². The van der Waals surface area contributed by atoms with E-state index in [0.717, 1.165) is 49.3 Å². The van der Waals surface area contributed by atoms with Gasteiger partial charge in [-0.15, -0.1) is 11.3 Å². The Bertz CT molecular complexity index is 1370. The Morgan fingerprint density at radius 2 is 1.42 bits per heavy atom. The lowest BCUT2D eigenvalue weighted by atomic mass is 10.2. The van der Waals surface area contributed by atoms with Crippen molar-refractivity contribution in [2.45, 2.75) is 0 Å². The summed E-state index contributed by atoms with van der Waals surface area (Å²) in [7, 11) is 3.27. The number of aromatic nitrogens is 3. The van der Waals surface area contributed by atoms with Crippen molar-refractivity contribution in [1.82, 2.24) is 15.0 Å². The third-order valence-corrected chi connectivity index (χ3v) is 6.25. The van der Waals surface area contributed by atoms with Crippen LogP contribution < -0.4 is 20.1 Å². The smallest absolute Gasteiger partial charge is 0.212 e. The molecule has 0 aliphatic carbocycles. The predicted octanol–water partition coefficient (Wildman–Crippen LogP) is 6.26. The van der Waals surface area contributed by atoms with Gasteiger partial charge in [0, 0.05) is 39.8 Å². The molecule has 2 N–H and O–H groups in total. The SMILES string of the molecule is COc1ccc(Nc2ccc(Nc3ncnc4cc(-c5ccc(OC)nc5)sc34)cc2)cc1. The van der Waals surface area contributed by atoms with Crippen LogP contribution >= 0.6 is 11.3 Å². The Morgan fingerprint density at radius 1 is 0.727 bits per heavy atom. The summed E-state index contributed by atoms with van der Waals surface area (Å²) in [5, 5.41) is 6.80. The number of pyridine rings is 1. The molecule has 0 aliphatic heterocycles. The second-order valence-corrected chi connectivity index (χ2v) is 8.24. The molecule has 3 aromatic heterocycles. The summed E-state index contributed by atoms with van der Waals surface area (Å²) < 4.78 is 11.3. The van der Waals surface area contributed by atoms with Crippen molar-refractivity contribution in [3.8, 4) is 22.1 Å². The summed E-state index contributed by atoms with van der Waals surface area (Å²) in [5.74, 6) is 2.19. The molecule has 8 heteroatoms. The number of methoxy groups -OCH3 is 2. The van der Waals surface area contributed by atoms with E-state index in [1.807, 2.05) is 60.7 Å². The number of ether oxygens (including phenoxy) is 2. The molecular formula is C25H21N5O2S. The number of anilines is 4. The summed E-state index contributed by atoms with van der Waals surface area (Å²) in [6.07, 6.45) is 3.38. The maximum absolute atomic E-state index is 5.20. The molecule has 0 spiro atoms. The van der Waals surface area contributed by atoms with Gasteiger partial charge >= 0.3 is 0 Å². The zero-order valence-electron chi connectivity index (χ0n) is 18.1. The lowest BCUT2D eigenvalue weighted by Gasteiger charge is -2.10. The van der Waals surface area contributed by atoms with Crippen LogP contribution in [0, 0.1) is 0 Å². The molecule has 0 saturated heterocycles. The van der Waals surface area contributed by atoms with E-state index in [1.165, 1.54) is 0 Å². The molecule has 5 rings (SSSR count). The molecule has 0 bridgehead atoms. The Labute approximate surface area is 195 Å². The van der Waals surface area contributed by atoms with Crippen molar-refractivity contribution in [2.75, 3.05) is 24.9 Å². The topological polar surface area (TPSA) is 81.2 Å². The van der Waals surface area contributed by atoms with E-state index in [-0.39, 0.29) is 0 Å². The zero-order valence-corrected chi connectivity index (χ0v) is 18.9. The molecule has 2 aromatic carbocycles. The van der Waals surface area contributed by atoms with Crippen molar-refractivity contribution in [3.63, 3.8) is 0 Å². The Balaban J connectivity index is 1.34. The van der Waals surface area contributed by atoms with Gasteiger partial charge in [-0.3, -0.25) is 0 Å². The third kappa shape index (κ3) is 4.56. The Kier molecular flexibility index (Phi) is 5.73. The van der Waals surface area contributed by atoms with Gasteiger partial charge in [0.1, 0.15) is 12.1 Å². The monoisotopic (exact) mass is 455 g/mol. The molecule has 0 radical (unpaired) electrons. The summed E-state index contributed by atoms with van der Waals surface area (Å²) in [4.78, 5) is 14.3. The number of fused-ring (bicyclic) bond motifs is 1. The second-order valence-electron chi connectivity index (χ2n) is 7.19. The second kappa shape index (κ2) is 9.13. The highest BCUT2D eigenvalue weighted by molar-refractivity contribution is 7.22. The van der Waals surface area contributed by atoms with Gasteiger partial charge in [0.25, 0.3) is 0 Å². The molecule has 3 heterocycles. The number of rotatable bonds is 7. The zero-order chi connectivity index (χ0) is 22.6. The largest absolute Gasteiger partial charge is 0.497 e. The van der Waals surface area contributed by atoms with Crippen LogP contribution in [-0.2, 0) is 0 Å². The molecule has 164 valence electrons. The first-order valence-corrected chi connectivity index (χ1v) is 11.1. The van der Waals surface area contributed by atoms with E-state index < -0.39 is 0 Å². The van der Waals surface area contributed by atoms with Crippen LogP contribution in [0.1, 0.15) is 0 Å². The fourth-order valence-corrected chi connectivity index (χ4v) is 4.39. The number of thiophene rings is 1. The summed E-state index contributed by atoms with van der Waals surface area (Å²) in [5.41, 5.74) is 4.83. The van der Waals surface area contributed by atoms with Crippen LogP contribution in [0.5, 0.6) is 11.6 Å². The van der Waals surface area contributed by atoms with Crippen LogP contribution in [0.3, 0.4) is 0 Å². The average Bonchev–Trinajstić information content (AvgIpc) is 3.31. The summed E-state index contributed by atoms with van der Waals surface area (Å²) >= 11 is 1.63. The minimum atomic E-state index is 0.590. The normalized spacial score (nSPS) is 10.7. The summed E-state index contributed by atoms with van der Waals surface area (Å²) in [6.45, 7) is 0. The quantitative estimate of drug-likeness (QED) is 0.300. The third-order valence-electron chi connectivity index (χ3n) is 5.07. The average molecular weight is 456 g/mol. The van der Waals surface area contributed by atoms with E-state index in [9.17, 15) is 0 Å². The molecule has 33 heavy (non-hydrogen) atoms. The standard InChI is InChI=1S/C25H21N5O2S/c1-31-20-10-8-18(9-11-20)29-17-4-6-19(7-5-17)30-25-24-21(27-15-28-25)13-22(33-24)16-3-12-23(32-2)26-14-16/h3-15,29H,1-2H3,(H,27,28,30). The lowest BCUT2D eigenvalue weighted by molar-refractivity contribution is 0.398. The Hall–Kier alpha value is -4.17. The fraction of sp³-hybridized carbons (Fsp3) is 0.0800. The van der Waals surface area contributed by atoms with Crippen LogP contribution in [-0.4, -0.2) is 29.2 Å². The van der Waals surface area contributed by atoms with Gasteiger partial charge in [-0.1, -0.05) is 0 Å². The number of nitrogens with one attached hydrogen (secondary N) is 2. The number of hydrogen-bond donors (Lipinski definition) is 2. The van der Waals surface area contributed by atoms with Crippen LogP contribution in [0.2, 0.25) is 0 Å². The fourth-order valence-electron chi connectivity index (χ4n) is 3.35. The van der Waals surface area contributed by atoms with Gasteiger partial charge in [-0.2, -0.15) is 0 Å². The van der Waals surface area contributed by atoms with Crippen molar-refractivity contribution in [2.24, 2.45) is 0 Å². The van der Waals surface area contributed by atoms with Crippen LogP contribution in [0.4, 0.5) is 22.9 Å². The van der Waals surface area contributed by atoms with Gasteiger partial charge in [0.15, 0.2) is 5.82 Å². The van der Waals surface area contributed by atoms with Crippen molar-refractivity contribution in [1.29, 1.82) is 0 Å². The first-order chi connectivity index (χ1) is 16.2. The maximum Gasteiger partial charge on any atom is 0.212 e. The van der Waals surface area contributed by atoms with E-state index in [0.29, 0.717) is 5.88 Å². The number of hydrogen-bond acceptors (Lipinski definition) is 8. The highest BCUT2D eigenvalue weighted by Gasteiger charge is 2.11. The van der Waals surface area contributed by atoms with E-state index >= 15 is 0 Å². The predicted molar refractivity (Wildman–Crippen MR) is 133 cm³/mol. The molecule has 5 aromatic rings. The van der Waals surface area contributed by atoms with Gasteiger partial charge in [0.2, 0.25) is 5.88 Å². The van der Waals surface area contributed by atoms with Crippen LogP contribution in [0.15, 0.2) is 79.3 Å². The van der Waals surface area contributed by atoms with Crippen LogP contribution in [0.25, 0.3) is 20.7 Å².